The molecule has 1 heterocycles. The number of piperidine rings is 1. The molecule has 0 saturated carbocycles. The van der Waals surface area contributed by atoms with Gasteiger partial charge in [0, 0.05) is 12.1 Å². The number of nitrogens with one attached hydrogen (secondary N) is 1. The highest BCUT2D eigenvalue weighted by Gasteiger charge is 2.15. The standard InChI is InChI=1S/C12H18N2/c13-12-3-1-2-10(4-5-12)11-6-8-14-9-7-11/h1-2,4-5,11,14H,3,6-9,13H2. The van der Waals surface area contributed by atoms with Gasteiger partial charge in [0.2, 0.25) is 0 Å². The summed E-state index contributed by atoms with van der Waals surface area (Å²) in [5, 5.41) is 3.39. The Labute approximate surface area is 85.6 Å². The van der Waals surface area contributed by atoms with Crippen LogP contribution in [-0.2, 0) is 0 Å². The second-order valence-electron chi connectivity index (χ2n) is 4.04. The van der Waals surface area contributed by atoms with E-state index in [4.69, 9.17) is 5.73 Å². The van der Waals surface area contributed by atoms with Crippen LogP contribution in [0.2, 0.25) is 0 Å². The summed E-state index contributed by atoms with van der Waals surface area (Å²) in [6.07, 6.45) is 12.1. The highest BCUT2D eigenvalue weighted by Crippen LogP contribution is 2.24. The molecule has 1 saturated heterocycles. The molecule has 0 unspecified atom stereocenters. The Morgan fingerprint density at radius 2 is 2.00 bits per heavy atom. The summed E-state index contributed by atoms with van der Waals surface area (Å²) in [7, 11) is 0. The average molecular weight is 190 g/mol. The molecule has 0 radical (unpaired) electrons. The van der Waals surface area contributed by atoms with Gasteiger partial charge in [-0.3, -0.25) is 0 Å². The summed E-state index contributed by atoms with van der Waals surface area (Å²) in [6.45, 7) is 2.30. The Kier molecular flexibility index (Phi) is 3.04. The fourth-order valence-electron chi connectivity index (χ4n) is 2.09. The van der Waals surface area contributed by atoms with Crippen molar-refractivity contribution in [3.05, 3.63) is 35.6 Å². The van der Waals surface area contributed by atoms with Gasteiger partial charge in [-0.15, -0.1) is 0 Å². The zero-order valence-electron chi connectivity index (χ0n) is 8.50. The van der Waals surface area contributed by atoms with Crippen LogP contribution in [0.5, 0.6) is 0 Å². The minimum Gasteiger partial charge on any atom is -0.402 e. The van der Waals surface area contributed by atoms with E-state index in [2.05, 4.69) is 29.6 Å². The molecule has 76 valence electrons. The maximum absolute atomic E-state index is 5.78. The Morgan fingerprint density at radius 1 is 1.21 bits per heavy atom. The van der Waals surface area contributed by atoms with E-state index in [-0.39, 0.29) is 0 Å². The molecule has 1 aliphatic carbocycles. The Hall–Kier alpha value is -1.02. The molecule has 1 fully saturated rings. The van der Waals surface area contributed by atoms with E-state index >= 15 is 0 Å². The lowest BCUT2D eigenvalue weighted by atomic mass is 9.89. The zero-order chi connectivity index (χ0) is 9.80. The summed E-state index contributed by atoms with van der Waals surface area (Å²) in [4.78, 5) is 0. The number of nitrogens with two attached hydrogens (primary N) is 1. The molecule has 2 nitrogen and oxygen atoms in total. The number of hydrogen-bond donors (Lipinski definition) is 2. The summed E-state index contributed by atoms with van der Waals surface area (Å²) < 4.78 is 0. The number of rotatable bonds is 1. The molecule has 14 heavy (non-hydrogen) atoms. The average Bonchev–Trinajstić information content (AvgIpc) is 2.44. The molecule has 3 N–H and O–H groups in total. The van der Waals surface area contributed by atoms with E-state index in [1.54, 1.807) is 0 Å². The van der Waals surface area contributed by atoms with Crippen LogP contribution in [0.1, 0.15) is 19.3 Å². The molecule has 0 spiro atoms. The van der Waals surface area contributed by atoms with Crippen molar-refractivity contribution in [2.24, 2.45) is 11.7 Å². The third kappa shape index (κ3) is 2.26. The monoisotopic (exact) mass is 190 g/mol. The Balaban J connectivity index is 2.08. The molecule has 2 heteroatoms. The lowest BCUT2D eigenvalue weighted by molar-refractivity contribution is 0.425. The fraction of sp³-hybridized carbons (Fsp3) is 0.500. The molecule has 1 aliphatic heterocycles. The molecular formula is C12H18N2. The first-order valence-corrected chi connectivity index (χ1v) is 5.40. The van der Waals surface area contributed by atoms with Crippen LogP contribution < -0.4 is 11.1 Å². The van der Waals surface area contributed by atoms with Crippen LogP contribution in [0, 0.1) is 5.92 Å². The van der Waals surface area contributed by atoms with Crippen LogP contribution in [0.4, 0.5) is 0 Å². The molecule has 0 bridgehead atoms. The highest BCUT2D eigenvalue weighted by atomic mass is 14.9. The van der Waals surface area contributed by atoms with Gasteiger partial charge >= 0.3 is 0 Å². The normalized spacial score (nSPS) is 24.0. The predicted molar refractivity (Wildman–Crippen MR) is 59.7 cm³/mol. The van der Waals surface area contributed by atoms with Gasteiger partial charge < -0.3 is 11.1 Å². The molecule has 2 rings (SSSR count). The van der Waals surface area contributed by atoms with Crippen molar-refractivity contribution in [2.75, 3.05) is 13.1 Å². The van der Waals surface area contributed by atoms with E-state index in [9.17, 15) is 0 Å². The van der Waals surface area contributed by atoms with Gasteiger partial charge in [-0.05, 0) is 43.5 Å². The smallest absolute Gasteiger partial charge is 0.0119 e. The van der Waals surface area contributed by atoms with Crippen molar-refractivity contribution in [1.82, 2.24) is 5.32 Å². The lowest BCUT2D eigenvalue weighted by Crippen LogP contribution is -2.28. The van der Waals surface area contributed by atoms with E-state index < -0.39 is 0 Å². The van der Waals surface area contributed by atoms with Gasteiger partial charge in [-0.1, -0.05) is 18.2 Å². The molecule has 0 aromatic heterocycles. The lowest BCUT2D eigenvalue weighted by Gasteiger charge is -2.23. The van der Waals surface area contributed by atoms with Crippen LogP contribution in [0.3, 0.4) is 0 Å². The number of allylic oxidation sites excluding steroid dienone is 5. The van der Waals surface area contributed by atoms with Crippen LogP contribution in [0.25, 0.3) is 0 Å². The van der Waals surface area contributed by atoms with Crippen molar-refractivity contribution in [3.8, 4) is 0 Å². The van der Waals surface area contributed by atoms with Crippen molar-refractivity contribution in [1.29, 1.82) is 0 Å². The van der Waals surface area contributed by atoms with E-state index in [0.29, 0.717) is 0 Å². The molecule has 0 aromatic carbocycles. The van der Waals surface area contributed by atoms with Crippen molar-refractivity contribution in [3.63, 3.8) is 0 Å². The minimum absolute atomic E-state index is 0.731. The van der Waals surface area contributed by atoms with E-state index in [0.717, 1.165) is 31.1 Å². The minimum atomic E-state index is 0.731. The second kappa shape index (κ2) is 4.47. The molecule has 2 aliphatic rings. The quantitative estimate of drug-likeness (QED) is 0.660. The van der Waals surface area contributed by atoms with E-state index in [1.165, 1.54) is 18.4 Å². The molecule has 0 amide bonds. The van der Waals surface area contributed by atoms with Crippen LogP contribution in [-0.4, -0.2) is 13.1 Å². The zero-order valence-corrected chi connectivity index (χ0v) is 8.50. The maximum Gasteiger partial charge on any atom is 0.0119 e. The fourth-order valence-corrected chi connectivity index (χ4v) is 2.09. The van der Waals surface area contributed by atoms with Gasteiger partial charge in [-0.2, -0.15) is 0 Å². The summed E-state index contributed by atoms with van der Waals surface area (Å²) in [5.74, 6) is 0.731. The van der Waals surface area contributed by atoms with Gasteiger partial charge in [0.25, 0.3) is 0 Å². The number of hydrogen-bond acceptors (Lipinski definition) is 2. The molecule has 0 aromatic rings. The highest BCUT2D eigenvalue weighted by molar-refractivity contribution is 5.31. The first kappa shape index (κ1) is 9.53. The van der Waals surface area contributed by atoms with Gasteiger partial charge in [-0.25, -0.2) is 0 Å². The maximum atomic E-state index is 5.78. The molecular weight excluding hydrogens is 172 g/mol. The first-order valence-electron chi connectivity index (χ1n) is 5.40. The Morgan fingerprint density at radius 3 is 2.79 bits per heavy atom. The van der Waals surface area contributed by atoms with E-state index in [1.807, 2.05) is 0 Å². The largest absolute Gasteiger partial charge is 0.402 e. The van der Waals surface area contributed by atoms with Crippen molar-refractivity contribution in [2.45, 2.75) is 19.3 Å². The third-order valence-corrected chi connectivity index (χ3v) is 2.96. The predicted octanol–water partition coefficient (Wildman–Crippen LogP) is 1.71. The van der Waals surface area contributed by atoms with Crippen molar-refractivity contribution < 1.29 is 0 Å². The van der Waals surface area contributed by atoms with Gasteiger partial charge in [0.15, 0.2) is 0 Å². The van der Waals surface area contributed by atoms with Crippen LogP contribution in [0.15, 0.2) is 35.6 Å². The summed E-state index contributed by atoms with van der Waals surface area (Å²) >= 11 is 0. The Bertz CT molecular complexity index is 281. The summed E-state index contributed by atoms with van der Waals surface area (Å²) in [5.41, 5.74) is 8.19. The van der Waals surface area contributed by atoms with Crippen LogP contribution >= 0.6 is 0 Å². The molecule has 0 atom stereocenters. The first-order chi connectivity index (χ1) is 6.86. The third-order valence-electron chi connectivity index (χ3n) is 2.96. The van der Waals surface area contributed by atoms with Crippen molar-refractivity contribution >= 4 is 0 Å². The SMILES string of the molecule is NC1=CC=C(C2CCNCC2)C=CC1. The topological polar surface area (TPSA) is 38.0 Å². The van der Waals surface area contributed by atoms with Gasteiger partial charge in [0.05, 0.1) is 0 Å². The van der Waals surface area contributed by atoms with Gasteiger partial charge in [0.1, 0.15) is 0 Å². The second-order valence-corrected chi connectivity index (χ2v) is 4.04. The summed E-state index contributed by atoms with van der Waals surface area (Å²) in [6, 6.07) is 0.